The van der Waals surface area contributed by atoms with Crippen molar-refractivity contribution in [1.29, 1.82) is 0 Å². The van der Waals surface area contributed by atoms with Crippen LogP contribution in [-0.2, 0) is 6.42 Å². The van der Waals surface area contributed by atoms with Gasteiger partial charge < -0.3 is 0 Å². The average molecular weight is 189 g/mol. The van der Waals surface area contributed by atoms with Gasteiger partial charge in [-0.15, -0.1) is 11.6 Å². The summed E-state index contributed by atoms with van der Waals surface area (Å²) >= 11 is 7.10. The predicted molar refractivity (Wildman–Crippen MR) is 46.0 cm³/mol. The topological polar surface area (TPSA) is 25.8 Å². The van der Waals surface area contributed by atoms with E-state index in [4.69, 9.17) is 11.6 Å². The van der Waals surface area contributed by atoms with Gasteiger partial charge in [0.05, 0.1) is 23.6 Å². The third-order valence-corrected chi connectivity index (χ3v) is 3.29. The first-order valence-electron chi connectivity index (χ1n) is 3.67. The molecule has 0 radical (unpaired) electrons. The van der Waals surface area contributed by atoms with E-state index in [9.17, 15) is 0 Å². The minimum absolute atomic E-state index is 0.386. The molecular weight excluding hydrogens is 180 g/mol. The first kappa shape index (κ1) is 7.50. The number of rotatable bonds is 3. The summed E-state index contributed by atoms with van der Waals surface area (Å²) in [5.74, 6) is 0.768. The highest BCUT2D eigenvalue weighted by atomic mass is 35.5. The monoisotopic (exact) mass is 188 g/mol. The molecule has 0 amide bonds. The lowest BCUT2D eigenvalue weighted by molar-refractivity contribution is 0.571. The highest BCUT2D eigenvalue weighted by Crippen LogP contribution is 2.48. The Kier molecular flexibility index (Phi) is 1.85. The predicted octanol–water partition coefficient (Wildman–Crippen LogP) is 2.10. The SMILES string of the molecule is ClCC1(Cc2cnsn2)CC1. The second kappa shape index (κ2) is 2.72. The maximum Gasteiger partial charge on any atom is 0.0748 e. The molecule has 0 spiro atoms. The van der Waals surface area contributed by atoms with Crippen LogP contribution in [0.2, 0.25) is 0 Å². The molecule has 1 aliphatic rings. The highest BCUT2D eigenvalue weighted by molar-refractivity contribution is 6.99. The highest BCUT2D eigenvalue weighted by Gasteiger charge is 2.42. The molecular formula is C7H9ClN2S. The van der Waals surface area contributed by atoms with Crippen LogP contribution < -0.4 is 0 Å². The normalized spacial score (nSPS) is 20.1. The molecule has 1 aromatic heterocycles. The molecule has 2 nitrogen and oxygen atoms in total. The molecule has 1 heterocycles. The summed E-state index contributed by atoms with van der Waals surface area (Å²) in [5, 5.41) is 0. The molecule has 0 atom stereocenters. The van der Waals surface area contributed by atoms with Gasteiger partial charge in [-0.05, 0) is 24.7 Å². The summed E-state index contributed by atoms with van der Waals surface area (Å²) in [4.78, 5) is 0. The minimum atomic E-state index is 0.386. The first-order chi connectivity index (χ1) is 5.35. The third kappa shape index (κ3) is 1.54. The molecule has 0 unspecified atom stereocenters. The minimum Gasteiger partial charge on any atom is -0.181 e. The van der Waals surface area contributed by atoms with Gasteiger partial charge in [0.2, 0.25) is 0 Å². The van der Waals surface area contributed by atoms with Gasteiger partial charge >= 0.3 is 0 Å². The Morgan fingerprint density at radius 3 is 2.91 bits per heavy atom. The van der Waals surface area contributed by atoms with Crippen molar-refractivity contribution in [3.63, 3.8) is 0 Å². The number of nitrogens with zero attached hydrogens (tertiary/aromatic N) is 2. The first-order valence-corrected chi connectivity index (χ1v) is 4.94. The van der Waals surface area contributed by atoms with Gasteiger partial charge in [0.25, 0.3) is 0 Å². The second-order valence-electron chi connectivity index (χ2n) is 3.21. The number of hydrogen-bond donors (Lipinski definition) is 0. The summed E-state index contributed by atoms with van der Waals surface area (Å²) < 4.78 is 8.12. The molecule has 1 saturated carbocycles. The van der Waals surface area contributed by atoms with Crippen molar-refractivity contribution in [2.45, 2.75) is 19.3 Å². The van der Waals surface area contributed by atoms with Crippen molar-refractivity contribution >= 4 is 23.3 Å². The van der Waals surface area contributed by atoms with Crippen LogP contribution in [0.3, 0.4) is 0 Å². The van der Waals surface area contributed by atoms with E-state index in [-0.39, 0.29) is 0 Å². The van der Waals surface area contributed by atoms with Crippen molar-refractivity contribution in [2.75, 3.05) is 5.88 Å². The summed E-state index contributed by atoms with van der Waals surface area (Å²) in [6, 6.07) is 0. The standard InChI is InChI=1S/C7H9ClN2S/c8-5-7(1-2-7)3-6-4-9-11-10-6/h4H,1-3,5H2. The van der Waals surface area contributed by atoms with E-state index in [1.807, 2.05) is 6.20 Å². The van der Waals surface area contributed by atoms with Crippen LogP contribution in [0.1, 0.15) is 18.5 Å². The third-order valence-electron chi connectivity index (χ3n) is 2.20. The number of hydrogen-bond acceptors (Lipinski definition) is 3. The molecule has 0 saturated heterocycles. The van der Waals surface area contributed by atoms with Crippen LogP contribution in [0, 0.1) is 5.41 Å². The maximum atomic E-state index is 5.83. The fraction of sp³-hybridized carbons (Fsp3) is 0.714. The van der Waals surface area contributed by atoms with E-state index in [1.165, 1.54) is 24.6 Å². The maximum absolute atomic E-state index is 5.83. The lowest BCUT2D eigenvalue weighted by Gasteiger charge is -2.06. The van der Waals surface area contributed by atoms with Crippen LogP contribution in [-0.4, -0.2) is 14.6 Å². The average Bonchev–Trinajstić information content (AvgIpc) is 2.59. The van der Waals surface area contributed by atoms with Crippen molar-refractivity contribution < 1.29 is 0 Å². The Morgan fingerprint density at radius 1 is 1.64 bits per heavy atom. The zero-order chi connectivity index (χ0) is 7.73. The van der Waals surface area contributed by atoms with Gasteiger partial charge in [-0.3, -0.25) is 0 Å². The summed E-state index contributed by atoms with van der Waals surface area (Å²) in [7, 11) is 0. The summed E-state index contributed by atoms with van der Waals surface area (Å²) in [6.45, 7) is 0. The Labute approximate surface area is 74.9 Å². The Hall–Kier alpha value is -0.150. The molecule has 0 bridgehead atoms. The number of halogens is 1. The van der Waals surface area contributed by atoms with Gasteiger partial charge in [-0.1, -0.05) is 0 Å². The molecule has 60 valence electrons. The van der Waals surface area contributed by atoms with E-state index < -0.39 is 0 Å². The lowest BCUT2D eigenvalue weighted by atomic mass is 10.0. The Balaban J connectivity index is 2.01. The molecule has 1 aromatic rings. The van der Waals surface area contributed by atoms with Crippen LogP contribution in [0.15, 0.2) is 6.20 Å². The Bertz CT molecular complexity index is 231. The zero-order valence-electron chi connectivity index (χ0n) is 6.09. The van der Waals surface area contributed by atoms with E-state index in [1.54, 1.807) is 0 Å². The smallest absolute Gasteiger partial charge is 0.0748 e. The molecule has 2 rings (SSSR count). The Morgan fingerprint density at radius 2 is 2.45 bits per heavy atom. The largest absolute Gasteiger partial charge is 0.181 e. The molecule has 11 heavy (non-hydrogen) atoms. The fourth-order valence-corrected chi connectivity index (χ4v) is 1.97. The van der Waals surface area contributed by atoms with Gasteiger partial charge in [-0.25, -0.2) is 0 Å². The fourth-order valence-electron chi connectivity index (χ4n) is 1.18. The van der Waals surface area contributed by atoms with Crippen molar-refractivity contribution in [2.24, 2.45) is 5.41 Å². The zero-order valence-corrected chi connectivity index (χ0v) is 7.66. The van der Waals surface area contributed by atoms with E-state index in [0.29, 0.717) is 5.41 Å². The van der Waals surface area contributed by atoms with Gasteiger partial charge in [0, 0.05) is 5.88 Å². The molecule has 0 aromatic carbocycles. The van der Waals surface area contributed by atoms with E-state index >= 15 is 0 Å². The van der Waals surface area contributed by atoms with Crippen LogP contribution >= 0.6 is 23.3 Å². The van der Waals surface area contributed by atoms with Gasteiger partial charge in [-0.2, -0.15) is 8.75 Å². The van der Waals surface area contributed by atoms with Crippen LogP contribution in [0.4, 0.5) is 0 Å². The van der Waals surface area contributed by atoms with Crippen molar-refractivity contribution in [3.8, 4) is 0 Å². The number of alkyl halides is 1. The van der Waals surface area contributed by atoms with Gasteiger partial charge in [0.15, 0.2) is 0 Å². The van der Waals surface area contributed by atoms with Crippen LogP contribution in [0.5, 0.6) is 0 Å². The van der Waals surface area contributed by atoms with Crippen LogP contribution in [0.25, 0.3) is 0 Å². The van der Waals surface area contributed by atoms with Crippen molar-refractivity contribution in [3.05, 3.63) is 11.9 Å². The van der Waals surface area contributed by atoms with Crippen molar-refractivity contribution in [1.82, 2.24) is 8.75 Å². The van der Waals surface area contributed by atoms with Gasteiger partial charge in [0.1, 0.15) is 0 Å². The molecule has 0 aliphatic heterocycles. The number of aromatic nitrogens is 2. The molecule has 0 N–H and O–H groups in total. The summed E-state index contributed by atoms with van der Waals surface area (Å²) in [6.07, 6.45) is 5.38. The molecule has 4 heteroatoms. The summed E-state index contributed by atoms with van der Waals surface area (Å²) in [5.41, 5.74) is 1.49. The molecule has 1 aliphatic carbocycles. The van der Waals surface area contributed by atoms with E-state index in [2.05, 4.69) is 8.75 Å². The molecule has 1 fully saturated rings. The lowest BCUT2D eigenvalue weighted by Crippen LogP contribution is -2.06. The quantitative estimate of drug-likeness (QED) is 0.679. The second-order valence-corrected chi connectivity index (χ2v) is 4.03. The van der Waals surface area contributed by atoms with E-state index in [0.717, 1.165) is 18.0 Å².